The van der Waals surface area contributed by atoms with Gasteiger partial charge in [-0.1, -0.05) is 11.6 Å². The van der Waals surface area contributed by atoms with Crippen LogP contribution in [0.15, 0.2) is 18.2 Å². The van der Waals surface area contributed by atoms with Gasteiger partial charge in [-0.2, -0.15) is 0 Å². The molecule has 7 nitrogen and oxygen atoms in total. The zero-order valence-electron chi connectivity index (χ0n) is 11.7. The molecule has 0 saturated heterocycles. The lowest BCUT2D eigenvalue weighted by Gasteiger charge is -2.22. The summed E-state index contributed by atoms with van der Waals surface area (Å²) >= 11 is 5.82. The molecule has 0 aliphatic carbocycles. The average Bonchev–Trinajstić information content (AvgIpc) is 2.34. The van der Waals surface area contributed by atoms with E-state index in [1.807, 2.05) is 0 Å². The number of amides is 1. The summed E-state index contributed by atoms with van der Waals surface area (Å²) in [6.07, 6.45) is 1.08. The third kappa shape index (κ3) is 4.15. The number of halogens is 1. The Hall–Kier alpha value is -1.67. The van der Waals surface area contributed by atoms with Crippen molar-refractivity contribution in [2.75, 3.05) is 12.8 Å². The summed E-state index contributed by atoms with van der Waals surface area (Å²) in [6, 6.07) is 3.45. The first-order chi connectivity index (χ1) is 9.45. The lowest BCUT2D eigenvalue weighted by Crippen LogP contribution is -2.43. The first-order valence-electron chi connectivity index (χ1n) is 5.87. The van der Waals surface area contributed by atoms with Crippen LogP contribution in [0.1, 0.15) is 24.2 Å². The Bertz CT molecular complexity index is 685. The number of hydrogen-bond donors (Lipinski definition) is 1. The van der Waals surface area contributed by atoms with Gasteiger partial charge in [0.05, 0.1) is 20.3 Å². The first-order valence-corrected chi connectivity index (χ1v) is 8.14. The van der Waals surface area contributed by atoms with Crippen LogP contribution in [0.25, 0.3) is 0 Å². The number of hydrogen-bond acceptors (Lipinski definition) is 5. The molecule has 0 spiro atoms. The molecule has 1 aromatic rings. The number of rotatable bonds is 5. The largest absolute Gasteiger partial charge is 0.350 e. The first kappa shape index (κ1) is 17.4. The van der Waals surface area contributed by atoms with Gasteiger partial charge in [0, 0.05) is 24.9 Å². The highest BCUT2D eigenvalue weighted by molar-refractivity contribution is 7.92. The molecule has 0 aromatic heterocycles. The van der Waals surface area contributed by atoms with Gasteiger partial charge in [0.1, 0.15) is 0 Å². The predicted octanol–water partition coefficient (Wildman–Crippen LogP) is 1.80. The van der Waals surface area contributed by atoms with Crippen LogP contribution in [0.4, 0.5) is 5.69 Å². The number of carbonyl (C=O) groups excluding carboxylic acids is 1. The molecule has 1 aromatic carbocycles. The molecule has 0 heterocycles. The van der Waals surface area contributed by atoms with Crippen LogP contribution < -0.4 is 5.32 Å². The fourth-order valence-corrected chi connectivity index (χ4v) is 1.92. The van der Waals surface area contributed by atoms with Crippen molar-refractivity contribution in [3.63, 3.8) is 0 Å². The summed E-state index contributed by atoms with van der Waals surface area (Å²) < 4.78 is 21.9. The smallest absolute Gasteiger partial charge is 0.270 e. The number of sulfone groups is 1. The van der Waals surface area contributed by atoms with E-state index in [0.29, 0.717) is 0 Å². The Morgan fingerprint density at radius 3 is 2.43 bits per heavy atom. The topological polar surface area (TPSA) is 106 Å². The highest BCUT2D eigenvalue weighted by Crippen LogP contribution is 2.22. The van der Waals surface area contributed by atoms with Crippen molar-refractivity contribution in [3.8, 4) is 0 Å². The Kier molecular flexibility index (Phi) is 4.95. The second kappa shape index (κ2) is 5.98. The molecule has 0 aliphatic rings. The lowest BCUT2D eigenvalue weighted by molar-refractivity contribution is -0.384. The highest BCUT2D eigenvalue weighted by Gasteiger charge is 2.30. The maximum Gasteiger partial charge on any atom is 0.270 e. The van der Waals surface area contributed by atoms with E-state index in [-0.39, 0.29) is 22.8 Å². The minimum Gasteiger partial charge on any atom is -0.350 e. The molecule has 1 N–H and O–H groups in total. The molecular formula is C12H15ClN2O5S. The van der Waals surface area contributed by atoms with E-state index >= 15 is 0 Å². The summed E-state index contributed by atoms with van der Waals surface area (Å²) in [4.78, 5) is 21.9. The van der Waals surface area contributed by atoms with E-state index < -0.39 is 25.4 Å². The molecule has 0 aliphatic heterocycles. The van der Waals surface area contributed by atoms with Crippen molar-refractivity contribution in [1.29, 1.82) is 0 Å². The number of nitrogens with zero attached hydrogens (tertiary/aromatic N) is 1. The van der Waals surface area contributed by atoms with Crippen molar-refractivity contribution in [3.05, 3.63) is 38.9 Å². The molecule has 0 radical (unpaired) electrons. The molecule has 0 unspecified atom stereocenters. The van der Waals surface area contributed by atoms with E-state index in [2.05, 4.69) is 5.32 Å². The standard InChI is InChI=1S/C12H15ClN2O5S/c1-12(2,21(3,19)20)7-14-11(16)9-5-4-8(15(17)18)6-10(9)13/h4-6H,7H2,1-3H3,(H,14,16). The third-order valence-corrected chi connectivity index (χ3v) is 5.55. The summed E-state index contributed by atoms with van der Waals surface area (Å²) in [6.45, 7) is 2.87. The average molecular weight is 335 g/mol. The normalized spacial score (nSPS) is 12.0. The number of non-ortho nitro benzene ring substituents is 1. The second-order valence-electron chi connectivity index (χ2n) is 5.14. The molecule has 9 heteroatoms. The zero-order valence-corrected chi connectivity index (χ0v) is 13.3. The Morgan fingerprint density at radius 2 is 2.00 bits per heavy atom. The SMILES string of the molecule is CC(C)(CNC(=O)c1ccc([N+](=O)[O-])cc1Cl)S(C)(=O)=O. The van der Waals surface area contributed by atoms with E-state index in [4.69, 9.17) is 11.6 Å². The van der Waals surface area contributed by atoms with Crippen LogP contribution in [-0.2, 0) is 9.84 Å². The van der Waals surface area contributed by atoms with E-state index in [1.54, 1.807) is 0 Å². The van der Waals surface area contributed by atoms with Crippen molar-refractivity contribution in [2.24, 2.45) is 0 Å². The van der Waals surface area contributed by atoms with Gasteiger partial charge in [0.2, 0.25) is 0 Å². The summed E-state index contributed by atoms with van der Waals surface area (Å²) in [5, 5.41) is 13.0. The maximum absolute atomic E-state index is 12.0. The fourth-order valence-electron chi connectivity index (χ4n) is 1.32. The summed E-state index contributed by atoms with van der Waals surface area (Å²) in [5.41, 5.74) is -0.181. The fraction of sp³-hybridized carbons (Fsp3) is 0.417. The van der Waals surface area contributed by atoms with E-state index in [9.17, 15) is 23.3 Å². The van der Waals surface area contributed by atoms with Crippen LogP contribution in [-0.4, -0.2) is 36.8 Å². The van der Waals surface area contributed by atoms with Gasteiger partial charge in [-0.05, 0) is 19.9 Å². The van der Waals surface area contributed by atoms with Gasteiger partial charge in [0.15, 0.2) is 9.84 Å². The molecule has 0 atom stereocenters. The van der Waals surface area contributed by atoms with Crippen molar-refractivity contribution >= 4 is 33.0 Å². The summed E-state index contributed by atoms with van der Waals surface area (Å²) in [5.74, 6) is -0.591. The van der Waals surface area contributed by atoms with E-state index in [1.165, 1.54) is 19.9 Å². The monoisotopic (exact) mass is 334 g/mol. The van der Waals surface area contributed by atoms with Crippen molar-refractivity contribution in [1.82, 2.24) is 5.32 Å². The molecule has 0 fully saturated rings. The Labute approximate surface area is 127 Å². The van der Waals surface area contributed by atoms with Crippen LogP contribution in [0.5, 0.6) is 0 Å². The summed E-state index contributed by atoms with van der Waals surface area (Å²) in [7, 11) is -3.35. The van der Waals surface area contributed by atoms with Gasteiger partial charge in [-0.25, -0.2) is 8.42 Å². The van der Waals surface area contributed by atoms with Crippen LogP contribution in [0, 0.1) is 10.1 Å². The minimum absolute atomic E-state index is 0.0477. The van der Waals surface area contributed by atoms with Crippen LogP contribution >= 0.6 is 11.6 Å². The van der Waals surface area contributed by atoms with Crippen LogP contribution in [0.3, 0.4) is 0 Å². The number of nitrogens with one attached hydrogen (secondary N) is 1. The van der Waals surface area contributed by atoms with Gasteiger partial charge in [-0.3, -0.25) is 14.9 Å². The molecule has 1 rings (SSSR count). The second-order valence-corrected chi connectivity index (χ2v) is 8.19. The molecule has 116 valence electrons. The number of carbonyl (C=O) groups is 1. The molecule has 1 amide bonds. The van der Waals surface area contributed by atoms with Crippen LogP contribution in [0.2, 0.25) is 5.02 Å². The molecular weight excluding hydrogens is 320 g/mol. The quantitative estimate of drug-likeness (QED) is 0.652. The van der Waals surface area contributed by atoms with Gasteiger partial charge >= 0.3 is 0 Å². The Morgan fingerprint density at radius 1 is 1.43 bits per heavy atom. The number of nitro benzene ring substituents is 1. The molecule has 0 saturated carbocycles. The van der Waals surface area contributed by atoms with E-state index in [0.717, 1.165) is 18.4 Å². The van der Waals surface area contributed by atoms with Gasteiger partial charge < -0.3 is 5.32 Å². The number of nitro groups is 1. The third-order valence-electron chi connectivity index (χ3n) is 3.09. The predicted molar refractivity (Wildman–Crippen MR) is 79.4 cm³/mol. The van der Waals surface area contributed by atoms with Crippen molar-refractivity contribution in [2.45, 2.75) is 18.6 Å². The molecule has 0 bridgehead atoms. The lowest BCUT2D eigenvalue weighted by atomic mass is 10.1. The maximum atomic E-state index is 12.0. The number of benzene rings is 1. The van der Waals surface area contributed by atoms with Crippen molar-refractivity contribution < 1.29 is 18.1 Å². The highest BCUT2D eigenvalue weighted by atomic mass is 35.5. The molecule has 21 heavy (non-hydrogen) atoms. The zero-order chi connectivity index (χ0) is 16.4. The van der Waals surface area contributed by atoms with Gasteiger partial charge in [-0.15, -0.1) is 0 Å². The minimum atomic E-state index is -3.35. The Balaban J connectivity index is 2.89. The van der Waals surface area contributed by atoms with Gasteiger partial charge in [0.25, 0.3) is 11.6 Å².